The van der Waals surface area contributed by atoms with Crippen LogP contribution in [-0.2, 0) is 12.8 Å². The number of hydrogen-bond donors (Lipinski definition) is 1. The fraction of sp³-hybridized carbons (Fsp3) is 0.222. The van der Waals surface area contributed by atoms with Crippen molar-refractivity contribution in [2.45, 2.75) is 25.7 Å². The zero-order valence-electron chi connectivity index (χ0n) is 12.7. The molecule has 1 N–H and O–H groups in total. The summed E-state index contributed by atoms with van der Waals surface area (Å²) in [5, 5.41) is 1.04. The number of nitrogens with zero attached hydrogens (tertiary/aromatic N) is 1. The molecule has 2 aromatic heterocycles. The molecule has 3 nitrogen and oxygen atoms in total. The van der Waals surface area contributed by atoms with Crippen molar-refractivity contribution in [2.75, 3.05) is 0 Å². The van der Waals surface area contributed by atoms with Crippen LogP contribution in [0.5, 0.6) is 0 Å². The van der Waals surface area contributed by atoms with E-state index >= 15 is 0 Å². The minimum absolute atomic E-state index is 0.126. The Hall–Kier alpha value is -1.98. The highest BCUT2D eigenvalue weighted by Crippen LogP contribution is 2.33. The number of benzene rings is 1. The molecule has 0 bridgehead atoms. The van der Waals surface area contributed by atoms with Crippen LogP contribution >= 0.6 is 22.9 Å². The molecule has 24 heavy (non-hydrogen) atoms. The number of nitrogens with one attached hydrogen (secondary N) is 1. The van der Waals surface area contributed by atoms with Crippen LogP contribution in [0.15, 0.2) is 23.0 Å². The minimum Gasteiger partial charge on any atom is -0.306 e. The normalized spacial score (nSPS) is 14.4. The predicted molar refractivity (Wildman–Crippen MR) is 97.2 cm³/mol. The molecule has 0 saturated carbocycles. The number of thiophene rings is 1. The number of halogens is 2. The first-order chi connectivity index (χ1) is 11.6. The summed E-state index contributed by atoms with van der Waals surface area (Å²) in [6.07, 6.45) is 7.37. The number of H-pyrrole nitrogens is 1. The Labute approximate surface area is 146 Å². The summed E-state index contributed by atoms with van der Waals surface area (Å²) in [6, 6.07) is 4.52. The second kappa shape index (κ2) is 6.15. The van der Waals surface area contributed by atoms with Gasteiger partial charge in [0.05, 0.1) is 10.4 Å². The van der Waals surface area contributed by atoms with Crippen LogP contribution in [0.25, 0.3) is 22.4 Å². The number of hydrogen-bond acceptors (Lipinski definition) is 3. The summed E-state index contributed by atoms with van der Waals surface area (Å²) < 4.78 is 13.8. The van der Waals surface area contributed by atoms with Gasteiger partial charge < -0.3 is 4.98 Å². The molecule has 0 amide bonds. The van der Waals surface area contributed by atoms with Crippen molar-refractivity contribution in [1.82, 2.24) is 9.97 Å². The second-order valence-electron chi connectivity index (χ2n) is 5.81. The van der Waals surface area contributed by atoms with Gasteiger partial charge in [-0.2, -0.15) is 0 Å². The number of aryl methyl sites for hydroxylation is 2. The van der Waals surface area contributed by atoms with Crippen LogP contribution in [-0.4, -0.2) is 9.97 Å². The van der Waals surface area contributed by atoms with Crippen LogP contribution in [0, 0.1) is 5.82 Å². The first kappa shape index (κ1) is 15.5. The third kappa shape index (κ3) is 2.68. The molecule has 0 aliphatic heterocycles. The average Bonchev–Trinajstić information content (AvgIpc) is 2.93. The van der Waals surface area contributed by atoms with Gasteiger partial charge in [0.1, 0.15) is 16.5 Å². The molecule has 2 heterocycles. The van der Waals surface area contributed by atoms with Crippen LogP contribution in [0.4, 0.5) is 4.39 Å². The van der Waals surface area contributed by atoms with Crippen molar-refractivity contribution in [3.63, 3.8) is 0 Å². The van der Waals surface area contributed by atoms with E-state index in [9.17, 15) is 9.18 Å². The van der Waals surface area contributed by atoms with E-state index in [4.69, 9.17) is 11.6 Å². The lowest BCUT2D eigenvalue weighted by molar-refractivity contribution is 0.625. The highest BCUT2D eigenvalue weighted by atomic mass is 35.5. The second-order valence-corrected chi connectivity index (χ2v) is 7.30. The van der Waals surface area contributed by atoms with Crippen molar-refractivity contribution in [3.8, 4) is 0 Å². The molecule has 6 heteroatoms. The van der Waals surface area contributed by atoms with Crippen LogP contribution in [0.1, 0.15) is 34.7 Å². The van der Waals surface area contributed by atoms with Gasteiger partial charge in [0.2, 0.25) is 0 Å². The molecule has 122 valence electrons. The van der Waals surface area contributed by atoms with E-state index in [1.54, 1.807) is 29.5 Å². The quantitative estimate of drug-likeness (QED) is 0.711. The predicted octanol–water partition coefficient (Wildman–Crippen LogP) is 4.83. The topological polar surface area (TPSA) is 45.8 Å². The summed E-state index contributed by atoms with van der Waals surface area (Å²) >= 11 is 7.60. The summed E-state index contributed by atoms with van der Waals surface area (Å²) in [4.78, 5) is 21.8. The monoisotopic (exact) mass is 360 g/mol. The third-order valence-electron chi connectivity index (χ3n) is 4.25. The first-order valence-corrected chi connectivity index (χ1v) is 8.99. The molecule has 1 aromatic carbocycles. The maximum atomic E-state index is 13.8. The van der Waals surface area contributed by atoms with Crippen molar-refractivity contribution < 1.29 is 4.39 Å². The highest BCUT2D eigenvalue weighted by molar-refractivity contribution is 7.18. The molecule has 0 fully saturated rings. The molecule has 0 unspecified atom stereocenters. The molecule has 0 saturated heterocycles. The first-order valence-electron chi connectivity index (χ1n) is 7.80. The van der Waals surface area contributed by atoms with Gasteiger partial charge in [-0.1, -0.05) is 17.7 Å². The highest BCUT2D eigenvalue weighted by Gasteiger charge is 2.19. The van der Waals surface area contributed by atoms with E-state index < -0.39 is 5.82 Å². The van der Waals surface area contributed by atoms with E-state index in [0.717, 1.165) is 41.5 Å². The van der Waals surface area contributed by atoms with Crippen molar-refractivity contribution >= 4 is 45.3 Å². The van der Waals surface area contributed by atoms with E-state index in [-0.39, 0.29) is 11.1 Å². The van der Waals surface area contributed by atoms with E-state index in [2.05, 4.69) is 9.97 Å². The Kier molecular flexibility index (Phi) is 3.98. The Morgan fingerprint density at radius 3 is 2.92 bits per heavy atom. The molecular formula is C18H14ClFN2OS. The zero-order chi connectivity index (χ0) is 16.7. The van der Waals surface area contributed by atoms with Gasteiger partial charge in [0.25, 0.3) is 5.56 Å². The summed E-state index contributed by atoms with van der Waals surface area (Å²) in [5.74, 6) is -0.000760. The van der Waals surface area contributed by atoms with Gasteiger partial charge in [-0.25, -0.2) is 9.37 Å². The standard InChI is InChI=1S/C18H14ClFN2OS/c19-12-5-3-6-13(20)10(12)8-9-15-21-17(23)16-11-4-1-2-7-14(11)24-18(16)22-15/h3,5-6,8-9H,1-2,4,7H2,(H,21,22,23)/b9-8+. The molecule has 0 radical (unpaired) electrons. The van der Waals surface area contributed by atoms with Gasteiger partial charge >= 0.3 is 0 Å². The van der Waals surface area contributed by atoms with E-state index in [0.29, 0.717) is 10.8 Å². The van der Waals surface area contributed by atoms with Gasteiger partial charge in [-0.3, -0.25) is 4.79 Å². The smallest absolute Gasteiger partial charge is 0.260 e. The van der Waals surface area contributed by atoms with Crippen LogP contribution in [0.3, 0.4) is 0 Å². The lowest BCUT2D eigenvalue weighted by Gasteiger charge is -2.09. The fourth-order valence-corrected chi connectivity index (χ4v) is 4.59. The molecule has 1 aliphatic carbocycles. The fourth-order valence-electron chi connectivity index (χ4n) is 3.09. The largest absolute Gasteiger partial charge is 0.306 e. The van der Waals surface area contributed by atoms with Gasteiger partial charge in [0.15, 0.2) is 0 Å². The van der Waals surface area contributed by atoms with Gasteiger partial charge in [0, 0.05) is 10.4 Å². The average molecular weight is 361 g/mol. The van der Waals surface area contributed by atoms with Crippen LogP contribution in [0.2, 0.25) is 5.02 Å². The lowest BCUT2D eigenvalue weighted by atomic mass is 9.97. The number of fused-ring (bicyclic) bond motifs is 3. The van der Waals surface area contributed by atoms with E-state index in [1.807, 2.05) is 0 Å². The SMILES string of the molecule is O=c1[nH]c(/C=C/c2c(F)cccc2Cl)nc2sc3c(c12)CCCC3. The summed E-state index contributed by atoms with van der Waals surface area (Å²) in [5.41, 5.74) is 1.31. The Balaban J connectivity index is 1.78. The molecule has 4 rings (SSSR count). The maximum Gasteiger partial charge on any atom is 0.260 e. The van der Waals surface area contributed by atoms with Crippen molar-refractivity contribution in [3.05, 3.63) is 61.2 Å². The van der Waals surface area contributed by atoms with Crippen molar-refractivity contribution in [1.29, 1.82) is 0 Å². The zero-order valence-corrected chi connectivity index (χ0v) is 14.3. The molecular weight excluding hydrogens is 347 g/mol. The number of aromatic nitrogens is 2. The van der Waals surface area contributed by atoms with Crippen molar-refractivity contribution in [2.24, 2.45) is 0 Å². The van der Waals surface area contributed by atoms with Crippen LogP contribution < -0.4 is 5.56 Å². The molecule has 0 spiro atoms. The number of aromatic amines is 1. The summed E-state index contributed by atoms with van der Waals surface area (Å²) in [7, 11) is 0. The summed E-state index contributed by atoms with van der Waals surface area (Å²) in [6.45, 7) is 0. The number of rotatable bonds is 2. The third-order valence-corrected chi connectivity index (χ3v) is 5.77. The molecule has 0 atom stereocenters. The lowest BCUT2D eigenvalue weighted by Crippen LogP contribution is -2.11. The van der Waals surface area contributed by atoms with E-state index in [1.165, 1.54) is 17.0 Å². The maximum absolute atomic E-state index is 13.8. The Morgan fingerprint density at radius 2 is 2.08 bits per heavy atom. The molecule has 3 aromatic rings. The van der Waals surface area contributed by atoms with Gasteiger partial charge in [-0.15, -0.1) is 11.3 Å². The Morgan fingerprint density at radius 1 is 1.25 bits per heavy atom. The molecule has 1 aliphatic rings. The minimum atomic E-state index is -0.409. The Bertz CT molecular complexity index is 1000. The van der Waals surface area contributed by atoms with Gasteiger partial charge in [-0.05, 0) is 55.5 Å².